The van der Waals surface area contributed by atoms with Gasteiger partial charge in [0.05, 0.1) is 50.7 Å². The van der Waals surface area contributed by atoms with E-state index in [9.17, 15) is 19.8 Å². The Morgan fingerprint density at radius 3 is 2.23 bits per heavy atom. The summed E-state index contributed by atoms with van der Waals surface area (Å²) in [5.74, 6) is -0.313. The molecular formula is C37H48N2O9. The quantitative estimate of drug-likeness (QED) is 0.134. The van der Waals surface area contributed by atoms with Gasteiger partial charge < -0.3 is 44.5 Å². The van der Waals surface area contributed by atoms with Crippen LogP contribution in [-0.2, 0) is 43.0 Å². The molecule has 0 saturated heterocycles. The maximum Gasteiger partial charge on any atom is 0.407 e. The number of carbonyl (C=O) groups excluding carboxylic acids is 2. The minimum absolute atomic E-state index is 0.0328. The third-order valence-corrected chi connectivity index (χ3v) is 8.32. The first-order chi connectivity index (χ1) is 23.4. The number of amides is 2. The lowest BCUT2D eigenvalue weighted by molar-refractivity contribution is -0.127. The minimum atomic E-state index is -1.11. The lowest BCUT2D eigenvalue weighted by atomic mass is 9.88. The van der Waals surface area contributed by atoms with Crippen LogP contribution >= 0.6 is 0 Å². The fourth-order valence-corrected chi connectivity index (χ4v) is 5.79. The first kappa shape index (κ1) is 36.8. The zero-order valence-corrected chi connectivity index (χ0v) is 27.7. The van der Waals surface area contributed by atoms with E-state index in [0.29, 0.717) is 51.4 Å². The number of ether oxygens (including phenoxy) is 5. The van der Waals surface area contributed by atoms with E-state index in [0.717, 1.165) is 22.3 Å². The molecule has 5 unspecified atom stereocenters. The van der Waals surface area contributed by atoms with Crippen LogP contribution in [-0.4, -0.2) is 94.3 Å². The van der Waals surface area contributed by atoms with Gasteiger partial charge in [0.25, 0.3) is 0 Å². The van der Waals surface area contributed by atoms with E-state index < -0.39 is 36.3 Å². The number of rotatable bonds is 20. The molecule has 1 aliphatic rings. The topological polar surface area (TPSA) is 145 Å². The van der Waals surface area contributed by atoms with Crippen molar-refractivity contribution in [2.45, 2.75) is 50.0 Å². The van der Waals surface area contributed by atoms with Crippen LogP contribution in [0.3, 0.4) is 0 Å². The van der Waals surface area contributed by atoms with E-state index in [2.05, 4.69) is 10.6 Å². The zero-order valence-electron chi connectivity index (χ0n) is 27.7. The Bertz CT molecular complexity index is 1390. The van der Waals surface area contributed by atoms with Gasteiger partial charge >= 0.3 is 6.09 Å². The van der Waals surface area contributed by atoms with Gasteiger partial charge in [0, 0.05) is 26.6 Å². The molecule has 4 rings (SSSR count). The monoisotopic (exact) mass is 664 g/mol. The third-order valence-electron chi connectivity index (χ3n) is 8.32. The minimum Gasteiger partial charge on any atom is -0.491 e. The number of hydrogen-bond acceptors (Lipinski definition) is 9. The molecular weight excluding hydrogens is 616 g/mol. The molecule has 260 valence electrons. The molecule has 2 amide bonds. The van der Waals surface area contributed by atoms with Crippen LogP contribution in [0.25, 0.3) is 0 Å². The van der Waals surface area contributed by atoms with Gasteiger partial charge in [-0.3, -0.25) is 4.79 Å². The molecule has 0 bridgehead atoms. The number of alkyl carbamates (subject to hydrolysis) is 1. The van der Waals surface area contributed by atoms with E-state index in [4.69, 9.17) is 23.7 Å². The second-order valence-electron chi connectivity index (χ2n) is 11.8. The molecule has 0 spiro atoms. The summed E-state index contributed by atoms with van der Waals surface area (Å²) < 4.78 is 26.4. The Labute approximate surface area is 282 Å². The molecule has 0 radical (unpaired) electrons. The molecule has 0 heterocycles. The van der Waals surface area contributed by atoms with Crippen LogP contribution in [0, 0.1) is 5.92 Å². The van der Waals surface area contributed by atoms with Crippen molar-refractivity contribution in [1.82, 2.24) is 10.6 Å². The van der Waals surface area contributed by atoms with Crippen molar-refractivity contribution in [2.24, 2.45) is 5.92 Å². The average Bonchev–Trinajstić information content (AvgIpc) is 3.41. The van der Waals surface area contributed by atoms with Crippen molar-refractivity contribution < 1.29 is 43.5 Å². The highest BCUT2D eigenvalue weighted by atomic mass is 16.6. The third kappa shape index (κ3) is 11.6. The molecule has 1 aliphatic carbocycles. The van der Waals surface area contributed by atoms with Gasteiger partial charge in [-0.1, -0.05) is 66.7 Å². The van der Waals surface area contributed by atoms with Crippen molar-refractivity contribution in [3.05, 3.63) is 101 Å². The highest BCUT2D eigenvalue weighted by molar-refractivity contribution is 5.80. The smallest absolute Gasteiger partial charge is 0.407 e. The van der Waals surface area contributed by atoms with E-state index in [1.165, 1.54) is 0 Å². The molecule has 0 saturated carbocycles. The van der Waals surface area contributed by atoms with Gasteiger partial charge in [0.1, 0.15) is 19.0 Å². The van der Waals surface area contributed by atoms with E-state index in [-0.39, 0.29) is 25.5 Å². The van der Waals surface area contributed by atoms with Crippen LogP contribution < -0.4 is 15.4 Å². The maximum absolute atomic E-state index is 14.0. The van der Waals surface area contributed by atoms with Crippen molar-refractivity contribution >= 4 is 12.0 Å². The van der Waals surface area contributed by atoms with Crippen molar-refractivity contribution in [3.8, 4) is 5.75 Å². The fraction of sp³-hybridized carbons (Fsp3) is 0.459. The maximum atomic E-state index is 14.0. The van der Waals surface area contributed by atoms with Crippen LogP contribution in [0.1, 0.15) is 34.7 Å². The summed E-state index contributed by atoms with van der Waals surface area (Å²) in [4.78, 5) is 26.8. The van der Waals surface area contributed by atoms with Crippen LogP contribution in [0.15, 0.2) is 78.9 Å². The Balaban J connectivity index is 1.49. The summed E-state index contributed by atoms with van der Waals surface area (Å²) in [6.45, 7) is 1.93. The summed E-state index contributed by atoms with van der Waals surface area (Å²) >= 11 is 0. The number of aliphatic hydroxyl groups is 2. The SMILES string of the molecule is COCCOCCOC(=O)NC(Cc1ccccc1)C(O)CC(Cc1ccc(OCCOC)cc1)C(=O)NC1c2ccccc2CC1O. The number of fused-ring (bicyclic) bond motifs is 1. The zero-order chi connectivity index (χ0) is 34.1. The first-order valence-corrected chi connectivity index (χ1v) is 16.4. The number of benzene rings is 3. The van der Waals surface area contributed by atoms with Crippen LogP contribution in [0.4, 0.5) is 4.79 Å². The molecule has 11 heteroatoms. The normalized spacial score (nSPS) is 17.2. The van der Waals surface area contributed by atoms with Gasteiger partial charge in [0.2, 0.25) is 5.91 Å². The summed E-state index contributed by atoms with van der Waals surface area (Å²) in [7, 11) is 3.19. The van der Waals surface area contributed by atoms with Gasteiger partial charge in [-0.05, 0) is 53.6 Å². The van der Waals surface area contributed by atoms with Crippen molar-refractivity contribution in [2.75, 3.05) is 53.9 Å². The Kier molecular flexibility index (Phi) is 15.1. The highest BCUT2D eigenvalue weighted by Crippen LogP contribution is 2.32. The largest absolute Gasteiger partial charge is 0.491 e. The highest BCUT2D eigenvalue weighted by Gasteiger charge is 2.35. The standard InChI is InChI=1S/C37H48N2O9/c1-44-16-18-46-19-21-48-37(43)38-32(23-26-8-4-3-5-9-26)33(40)25-29(22-27-12-14-30(15-13-27)47-20-17-45-2)36(42)39-35-31-11-7-6-10-28(31)24-34(35)41/h3-15,29,32-35,40-41H,16-25H2,1-2H3,(H,38,43)(H,39,42). The predicted octanol–water partition coefficient (Wildman–Crippen LogP) is 3.40. The number of aliphatic hydroxyl groups excluding tert-OH is 2. The first-order valence-electron chi connectivity index (χ1n) is 16.4. The summed E-state index contributed by atoms with van der Waals surface area (Å²) in [5, 5.41) is 28.4. The predicted molar refractivity (Wildman–Crippen MR) is 180 cm³/mol. The molecule has 0 fully saturated rings. The van der Waals surface area contributed by atoms with Gasteiger partial charge in [-0.15, -0.1) is 0 Å². The molecule has 3 aromatic carbocycles. The number of carbonyl (C=O) groups is 2. The lowest BCUT2D eigenvalue weighted by Crippen LogP contribution is -2.47. The Morgan fingerprint density at radius 1 is 0.812 bits per heavy atom. The van der Waals surface area contributed by atoms with Crippen molar-refractivity contribution in [1.29, 1.82) is 0 Å². The van der Waals surface area contributed by atoms with E-state index in [1.807, 2.05) is 78.9 Å². The molecule has 0 aliphatic heterocycles. The van der Waals surface area contributed by atoms with Crippen LogP contribution in [0.5, 0.6) is 5.75 Å². The average molecular weight is 665 g/mol. The number of methoxy groups -OCH3 is 2. The van der Waals surface area contributed by atoms with Gasteiger partial charge in [-0.2, -0.15) is 0 Å². The molecule has 11 nitrogen and oxygen atoms in total. The van der Waals surface area contributed by atoms with Gasteiger partial charge in [-0.25, -0.2) is 4.79 Å². The van der Waals surface area contributed by atoms with Crippen LogP contribution in [0.2, 0.25) is 0 Å². The lowest BCUT2D eigenvalue weighted by Gasteiger charge is -2.28. The summed E-state index contributed by atoms with van der Waals surface area (Å²) in [5.41, 5.74) is 3.65. The molecule has 0 aromatic heterocycles. The van der Waals surface area contributed by atoms with E-state index >= 15 is 0 Å². The van der Waals surface area contributed by atoms with Gasteiger partial charge in [0.15, 0.2) is 0 Å². The summed E-state index contributed by atoms with van der Waals surface area (Å²) in [6, 6.07) is 23.3. The second-order valence-corrected chi connectivity index (χ2v) is 11.8. The molecule has 48 heavy (non-hydrogen) atoms. The van der Waals surface area contributed by atoms with Crippen molar-refractivity contribution in [3.63, 3.8) is 0 Å². The Morgan fingerprint density at radius 2 is 1.48 bits per heavy atom. The molecule has 5 atom stereocenters. The molecule has 3 aromatic rings. The fourth-order valence-electron chi connectivity index (χ4n) is 5.79. The number of nitrogens with one attached hydrogen (secondary N) is 2. The van der Waals surface area contributed by atoms with E-state index in [1.54, 1.807) is 14.2 Å². The molecule has 4 N–H and O–H groups in total. The Hall–Kier alpha value is -4.00. The summed E-state index contributed by atoms with van der Waals surface area (Å²) in [6.07, 6.45) is -1.45. The number of hydrogen-bond donors (Lipinski definition) is 4. The second kappa shape index (κ2) is 19.7.